The zero-order valence-corrected chi connectivity index (χ0v) is 10.2. The van der Waals surface area contributed by atoms with Gasteiger partial charge in [0.1, 0.15) is 18.3 Å². The number of fused-ring (bicyclic) bond motifs is 1. The Bertz CT molecular complexity index is 697. The molecular weight excluding hydrogens is 270 g/mol. The third-order valence-corrected chi connectivity index (χ3v) is 3.24. The van der Waals surface area contributed by atoms with Gasteiger partial charge in [-0.2, -0.15) is 4.98 Å². The summed E-state index contributed by atoms with van der Waals surface area (Å²) in [7, 11) is 0. The molecule has 10 nitrogen and oxygen atoms in total. The van der Waals surface area contributed by atoms with Gasteiger partial charge in [0.2, 0.25) is 5.95 Å². The molecule has 6 N–H and O–H groups in total. The molecule has 0 radical (unpaired) electrons. The number of hydrogen-bond acceptors (Lipinski definition) is 8. The molecule has 4 atom stereocenters. The van der Waals surface area contributed by atoms with Gasteiger partial charge < -0.3 is 25.8 Å². The number of anilines is 1. The normalized spacial score (nSPS) is 30.1. The minimum atomic E-state index is -1.29. The molecule has 20 heavy (non-hydrogen) atoms. The van der Waals surface area contributed by atoms with E-state index in [1.807, 2.05) is 0 Å². The van der Waals surface area contributed by atoms with E-state index in [1.165, 1.54) is 10.9 Å². The van der Waals surface area contributed by atoms with Gasteiger partial charge in [0.25, 0.3) is 5.56 Å². The van der Waals surface area contributed by atoms with Crippen LogP contribution in [0, 0.1) is 0 Å². The summed E-state index contributed by atoms with van der Waals surface area (Å²) < 4.78 is 6.64. The quantitative estimate of drug-likeness (QED) is 0.398. The molecule has 2 aromatic rings. The maximum absolute atomic E-state index is 11.7. The second-order valence-electron chi connectivity index (χ2n) is 4.50. The smallest absolute Gasteiger partial charge is 0.280 e. The molecular formula is C10H13N5O5. The van der Waals surface area contributed by atoms with Crippen LogP contribution in [-0.4, -0.2) is 59.8 Å². The van der Waals surface area contributed by atoms with Crippen molar-refractivity contribution < 1.29 is 20.1 Å². The number of imidazole rings is 1. The number of hydrogen-bond donors (Lipinski definition) is 5. The fourth-order valence-electron chi connectivity index (χ4n) is 2.24. The first kappa shape index (κ1) is 13.0. The van der Waals surface area contributed by atoms with E-state index >= 15 is 0 Å². The molecule has 0 spiro atoms. The summed E-state index contributed by atoms with van der Waals surface area (Å²) in [4.78, 5) is 21.8. The van der Waals surface area contributed by atoms with Gasteiger partial charge in [-0.3, -0.25) is 14.3 Å². The van der Waals surface area contributed by atoms with Crippen molar-refractivity contribution in [3.8, 4) is 0 Å². The first-order valence-corrected chi connectivity index (χ1v) is 5.87. The fourth-order valence-corrected chi connectivity index (χ4v) is 2.24. The number of aliphatic hydroxyl groups is 3. The standard InChI is InChI=1S/C10H13N5O5/c11-10-13-7-4(8(19)14-10)12-2-15(7)9-6(18)5(17)3(1-16)20-9/h2-3,5-6,9,16-18H,1H2,(H3,11,13,14,19)/t3-,5?,6-,9?/m1/s1. The van der Waals surface area contributed by atoms with Gasteiger partial charge in [-0.1, -0.05) is 0 Å². The predicted octanol–water partition coefficient (Wildman–Crippen LogP) is -2.69. The van der Waals surface area contributed by atoms with Crippen molar-refractivity contribution in [3.63, 3.8) is 0 Å². The Kier molecular flexibility index (Phi) is 2.94. The Morgan fingerprint density at radius 2 is 2.20 bits per heavy atom. The van der Waals surface area contributed by atoms with Crippen LogP contribution < -0.4 is 11.3 Å². The molecule has 0 aliphatic carbocycles. The summed E-state index contributed by atoms with van der Waals surface area (Å²) in [6, 6.07) is 0. The number of ether oxygens (including phenoxy) is 1. The topological polar surface area (TPSA) is 160 Å². The third kappa shape index (κ3) is 1.78. The summed E-state index contributed by atoms with van der Waals surface area (Å²) in [6.45, 7) is -0.447. The van der Waals surface area contributed by atoms with Crippen LogP contribution in [0.4, 0.5) is 5.95 Å². The SMILES string of the molecule is Nc1nc2c(ncn2C2O[C@H](CO)C(O)[C@H]2O)c(=O)[nH]1. The average molecular weight is 283 g/mol. The van der Waals surface area contributed by atoms with E-state index in [9.17, 15) is 15.0 Å². The maximum atomic E-state index is 11.7. The van der Waals surface area contributed by atoms with Crippen LogP contribution in [0.3, 0.4) is 0 Å². The van der Waals surface area contributed by atoms with Gasteiger partial charge in [-0.15, -0.1) is 0 Å². The van der Waals surface area contributed by atoms with E-state index in [0.717, 1.165) is 0 Å². The van der Waals surface area contributed by atoms with Gasteiger partial charge in [0.05, 0.1) is 12.9 Å². The Labute approximate surface area is 111 Å². The highest BCUT2D eigenvalue weighted by Gasteiger charge is 2.44. The minimum Gasteiger partial charge on any atom is -0.394 e. The van der Waals surface area contributed by atoms with E-state index in [2.05, 4.69) is 15.0 Å². The molecule has 0 aromatic carbocycles. The summed E-state index contributed by atoms with van der Waals surface area (Å²) >= 11 is 0. The molecule has 1 fully saturated rings. The number of nitrogens with two attached hydrogens (primary N) is 1. The number of nitrogens with zero attached hydrogens (tertiary/aromatic N) is 3. The van der Waals surface area contributed by atoms with Crippen LogP contribution in [0.25, 0.3) is 11.2 Å². The molecule has 2 aromatic heterocycles. The monoisotopic (exact) mass is 283 g/mol. The Morgan fingerprint density at radius 3 is 2.85 bits per heavy atom. The van der Waals surface area contributed by atoms with Gasteiger partial charge >= 0.3 is 0 Å². The average Bonchev–Trinajstić information content (AvgIpc) is 2.93. The highest BCUT2D eigenvalue weighted by atomic mass is 16.6. The van der Waals surface area contributed by atoms with E-state index in [0.29, 0.717) is 0 Å². The van der Waals surface area contributed by atoms with Crippen LogP contribution in [0.15, 0.2) is 11.1 Å². The molecule has 108 valence electrons. The number of nitrogens with one attached hydrogen (secondary N) is 1. The maximum Gasteiger partial charge on any atom is 0.280 e. The fraction of sp³-hybridized carbons (Fsp3) is 0.500. The van der Waals surface area contributed by atoms with Crippen molar-refractivity contribution in [1.29, 1.82) is 0 Å². The van der Waals surface area contributed by atoms with E-state index in [4.69, 9.17) is 15.6 Å². The summed E-state index contributed by atoms with van der Waals surface area (Å²) in [5.74, 6) is -0.101. The molecule has 0 bridgehead atoms. The lowest BCUT2D eigenvalue weighted by molar-refractivity contribution is -0.0511. The molecule has 3 heterocycles. The molecule has 1 saturated heterocycles. The molecule has 10 heteroatoms. The lowest BCUT2D eigenvalue weighted by Crippen LogP contribution is -2.33. The summed E-state index contributed by atoms with van der Waals surface area (Å²) in [5, 5.41) is 28.7. The zero-order valence-electron chi connectivity index (χ0n) is 10.2. The number of aromatic amines is 1. The van der Waals surface area contributed by atoms with Gasteiger partial charge in [0.15, 0.2) is 17.4 Å². The van der Waals surface area contributed by atoms with Crippen molar-refractivity contribution in [3.05, 3.63) is 16.7 Å². The van der Waals surface area contributed by atoms with E-state index < -0.39 is 36.7 Å². The lowest BCUT2D eigenvalue weighted by Gasteiger charge is -2.16. The van der Waals surface area contributed by atoms with Crippen LogP contribution in [0.1, 0.15) is 6.23 Å². The molecule has 1 aliphatic rings. The zero-order chi connectivity index (χ0) is 14.4. The van der Waals surface area contributed by atoms with Gasteiger partial charge in [-0.25, -0.2) is 4.98 Å². The Morgan fingerprint density at radius 1 is 1.45 bits per heavy atom. The van der Waals surface area contributed by atoms with Gasteiger partial charge in [0, 0.05) is 0 Å². The second-order valence-corrected chi connectivity index (χ2v) is 4.50. The first-order chi connectivity index (χ1) is 9.52. The van der Waals surface area contributed by atoms with Gasteiger partial charge in [-0.05, 0) is 0 Å². The number of aromatic nitrogens is 4. The summed E-state index contributed by atoms with van der Waals surface area (Å²) in [6.07, 6.45) is -3.21. The molecule has 1 aliphatic heterocycles. The van der Waals surface area contributed by atoms with Crippen molar-refractivity contribution in [2.45, 2.75) is 24.5 Å². The third-order valence-electron chi connectivity index (χ3n) is 3.24. The largest absolute Gasteiger partial charge is 0.394 e. The Balaban J connectivity index is 2.09. The van der Waals surface area contributed by atoms with E-state index in [-0.39, 0.29) is 17.1 Å². The highest BCUT2D eigenvalue weighted by molar-refractivity contribution is 5.70. The Hall–Kier alpha value is -2.01. The molecule has 2 unspecified atom stereocenters. The molecule has 0 saturated carbocycles. The van der Waals surface area contributed by atoms with Crippen LogP contribution >= 0.6 is 0 Å². The molecule has 3 rings (SSSR count). The van der Waals surface area contributed by atoms with E-state index in [1.54, 1.807) is 0 Å². The van der Waals surface area contributed by atoms with Crippen molar-refractivity contribution >= 4 is 17.1 Å². The van der Waals surface area contributed by atoms with Crippen LogP contribution in [-0.2, 0) is 4.74 Å². The van der Waals surface area contributed by atoms with Crippen LogP contribution in [0.5, 0.6) is 0 Å². The second kappa shape index (κ2) is 4.52. The minimum absolute atomic E-state index is 0.0388. The number of rotatable bonds is 2. The molecule has 0 amide bonds. The van der Waals surface area contributed by atoms with Crippen molar-refractivity contribution in [2.75, 3.05) is 12.3 Å². The number of aliphatic hydroxyl groups excluding tert-OH is 3. The number of H-pyrrole nitrogens is 1. The van der Waals surface area contributed by atoms with Crippen molar-refractivity contribution in [2.24, 2.45) is 0 Å². The lowest BCUT2D eigenvalue weighted by atomic mass is 10.1. The predicted molar refractivity (Wildman–Crippen MR) is 65.6 cm³/mol. The highest BCUT2D eigenvalue weighted by Crippen LogP contribution is 2.30. The van der Waals surface area contributed by atoms with Crippen molar-refractivity contribution in [1.82, 2.24) is 19.5 Å². The van der Waals surface area contributed by atoms with Crippen LogP contribution in [0.2, 0.25) is 0 Å². The number of nitrogen functional groups attached to an aromatic ring is 1. The summed E-state index contributed by atoms with van der Waals surface area (Å²) in [5.41, 5.74) is 5.12. The first-order valence-electron chi connectivity index (χ1n) is 5.87.